The van der Waals surface area contributed by atoms with E-state index in [9.17, 15) is 5.26 Å². The van der Waals surface area contributed by atoms with Gasteiger partial charge in [0.25, 0.3) is 0 Å². The van der Waals surface area contributed by atoms with Crippen molar-refractivity contribution in [3.63, 3.8) is 0 Å². The van der Waals surface area contributed by atoms with Crippen LogP contribution in [0, 0.1) is 11.3 Å². The van der Waals surface area contributed by atoms with Crippen molar-refractivity contribution in [1.82, 2.24) is 30.1 Å². The Labute approximate surface area is 136 Å². The zero-order chi connectivity index (χ0) is 16.5. The summed E-state index contributed by atoms with van der Waals surface area (Å²) in [6.45, 7) is 0. The van der Waals surface area contributed by atoms with Crippen LogP contribution in [-0.4, -0.2) is 30.1 Å². The van der Waals surface area contributed by atoms with Gasteiger partial charge < -0.3 is 5.73 Å². The topological polar surface area (TPSA) is 130 Å². The number of nitrogens with zero attached hydrogens (tertiary/aromatic N) is 6. The van der Waals surface area contributed by atoms with Crippen molar-refractivity contribution in [2.45, 2.75) is 0 Å². The van der Waals surface area contributed by atoms with E-state index in [2.05, 4.69) is 30.1 Å². The molecule has 0 aliphatic rings. The molecule has 0 radical (unpaired) electrons. The number of fused-ring (bicyclic) bond motifs is 1. The normalized spacial score (nSPS) is 10.6. The number of hydrogen-bond acceptors (Lipinski definition) is 7. The fourth-order valence-corrected chi connectivity index (χ4v) is 2.44. The number of aromatic amines is 1. The van der Waals surface area contributed by atoms with Crippen molar-refractivity contribution in [2.24, 2.45) is 0 Å². The molecule has 0 unspecified atom stereocenters. The highest BCUT2D eigenvalue weighted by Crippen LogP contribution is 2.30. The first-order valence-corrected chi connectivity index (χ1v) is 7.05. The summed E-state index contributed by atoms with van der Waals surface area (Å²) < 4.78 is 0. The maximum atomic E-state index is 9.20. The fraction of sp³-hybridized carbons (Fsp3) is 0. The van der Waals surface area contributed by atoms with Crippen molar-refractivity contribution in [3.8, 4) is 28.8 Å². The molecule has 1 aromatic carbocycles. The van der Waals surface area contributed by atoms with Crippen LogP contribution in [0.4, 0.5) is 5.82 Å². The van der Waals surface area contributed by atoms with Crippen molar-refractivity contribution < 1.29 is 0 Å². The van der Waals surface area contributed by atoms with Gasteiger partial charge in [-0.15, -0.1) is 0 Å². The third kappa shape index (κ3) is 2.21. The van der Waals surface area contributed by atoms with E-state index in [1.165, 1.54) is 6.33 Å². The number of pyridine rings is 1. The SMILES string of the molecule is N#Cc1nc(-c2ccc3ncccc3c2)c(-c2ncn[nH]2)nc1N. The molecular weight excluding hydrogens is 304 g/mol. The first-order valence-electron chi connectivity index (χ1n) is 7.05. The zero-order valence-corrected chi connectivity index (χ0v) is 12.3. The summed E-state index contributed by atoms with van der Waals surface area (Å²) in [5.41, 5.74) is 8.47. The minimum atomic E-state index is 0.0510. The molecule has 0 aliphatic carbocycles. The quantitative estimate of drug-likeness (QED) is 0.578. The third-order valence-electron chi connectivity index (χ3n) is 3.54. The van der Waals surface area contributed by atoms with E-state index >= 15 is 0 Å². The highest BCUT2D eigenvalue weighted by molar-refractivity contribution is 5.86. The second-order valence-corrected chi connectivity index (χ2v) is 5.01. The number of rotatable bonds is 2. The van der Waals surface area contributed by atoms with Crippen LogP contribution in [0.5, 0.6) is 0 Å². The molecule has 0 fully saturated rings. The fourth-order valence-electron chi connectivity index (χ4n) is 2.44. The number of H-pyrrole nitrogens is 1. The first kappa shape index (κ1) is 13.8. The number of aromatic nitrogens is 6. The molecular formula is C16H10N8. The van der Waals surface area contributed by atoms with Gasteiger partial charge in [0.15, 0.2) is 17.3 Å². The van der Waals surface area contributed by atoms with E-state index in [1.807, 2.05) is 36.4 Å². The Morgan fingerprint density at radius 2 is 2.00 bits per heavy atom. The number of hydrogen-bond donors (Lipinski definition) is 2. The monoisotopic (exact) mass is 314 g/mol. The molecule has 0 spiro atoms. The molecule has 114 valence electrons. The summed E-state index contributed by atoms with van der Waals surface area (Å²) in [4.78, 5) is 17.1. The van der Waals surface area contributed by atoms with Crippen LogP contribution >= 0.6 is 0 Å². The van der Waals surface area contributed by atoms with Gasteiger partial charge in [-0.2, -0.15) is 10.4 Å². The molecule has 8 heteroatoms. The van der Waals surface area contributed by atoms with Gasteiger partial charge in [0.2, 0.25) is 0 Å². The van der Waals surface area contributed by atoms with Crippen LogP contribution in [0.3, 0.4) is 0 Å². The highest BCUT2D eigenvalue weighted by Gasteiger charge is 2.17. The highest BCUT2D eigenvalue weighted by atomic mass is 15.2. The molecule has 4 rings (SSSR count). The standard InChI is InChI=1S/C16H10N8/c17-7-12-15(18)23-14(16-20-8-21-24-16)13(22-12)10-3-4-11-9(6-10)2-1-5-19-11/h1-6,8H,(H2,18,23)(H,20,21,24). The summed E-state index contributed by atoms with van der Waals surface area (Å²) in [7, 11) is 0. The smallest absolute Gasteiger partial charge is 0.183 e. The maximum Gasteiger partial charge on any atom is 0.183 e. The van der Waals surface area contributed by atoms with E-state index in [4.69, 9.17) is 5.73 Å². The summed E-state index contributed by atoms with van der Waals surface area (Å²) in [5.74, 6) is 0.482. The minimum absolute atomic E-state index is 0.0510. The molecule has 3 heterocycles. The molecule has 8 nitrogen and oxygen atoms in total. The number of nitrogens with two attached hydrogens (primary N) is 1. The molecule has 4 aromatic rings. The van der Waals surface area contributed by atoms with Crippen molar-refractivity contribution in [1.29, 1.82) is 5.26 Å². The van der Waals surface area contributed by atoms with Gasteiger partial charge in [0.1, 0.15) is 23.8 Å². The van der Waals surface area contributed by atoms with E-state index in [1.54, 1.807) is 6.20 Å². The van der Waals surface area contributed by atoms with Crippen LogP contribution in [0.25, 0.3) is 33.7 Å². The summed E-state index contributed by atoms with van der Waals surface area (Å²) in [6, 6.07) is 11.5. The van der Waals surface area contributed by atoms with Gasteiger partial charge in [-0.3, -0.25) is 10.1 Å². The Morgan fingerprint density at radius 3 is 2.79 bits per heavy atom. The number of nitrogen functional groups attached to an aromatic ring is 1. The molecule has 0 bridgehead atoms. The zero-order valence-electron chi connectivity index (χ0n) is 12.3. The number of nitrogens with one attached hydrogen (secondary N) is 1. The molecule has 0 atom stereocenters. The summed E-state index contributed by atoms with van der Waals surface area (Å²) in [6.07, 6.45) is 3.11. The summed E-state index contributed by atoms with van der Waals surface area (Å²) in [5, 5.41) is 16.7. The van der Waals surface area contributed by atoms with Crippen molar-refractivity contribution >= 4 is 16.7 Å². The Bertz CT molecular complexity index is 1080. The van der Waals surface area contributed by atoms with Gasteiger partial charge in [-0.1, -0.05) is 12.1 Å². The predicted molar refractivity (Wildman–Crippen MR) is 87.3 cm³/mol. The lowest BCUT2D eigenvalue weighted by atomic mass is 10.1. The lowest BCUT2D eigenvalue weighted by molar-refractivity contribution is 1.08. The third-order valence-corrected chi connectivity index (χ3v) is 3.54. The van der Waals surface area contributed by atoms with Gasteiger partial charge in [-0.05, 0) is 18.2 Å². The van der Waals surface area contributed by atoms with Gasteiger partial charge >= 0.3 is 0 Å². The second kappa shape index (κ2) is 5.40. The number of benzene rings is 1. The molecule has 3 aromatic heterocycles. The first-order chi connectivity index (χ1) is 11.8. The second-order valence-electron chi connectivity index (χ2n) is 5.01. The maximum absolute atomic E-state index is 9.20. The van der Waals surface area contributed by atoms with E-state index in [-0.39, 0.29) is 11.5 Å². The number of nitriles is 1. The van der Waals surface area contributed by atoms with E-state index < -0.39 is 0 Å². The Morgan fingerprint density at radius 1 is 1.08 bits per heavy atom. The van der Waals surface area contributed by atoms with E-state index in [0.29, 0.717) is 17.2 Å². The molecule has 0 aliphatic heterocycles. The molecule has 0 saturated carbocycles. The average molecular weight is 314 g/mol. The predicted octanol–water partition coefficient (Wildman–Crippen LogP) is 1.93. The minimum Gasteiger partial charge on any atom is -0.381 e. The van der Waals surface area contributed by atoms with E-state index in [0.717, 1.165) is 16.5 Å². The lowest BCUT2D eigenvalue weighted by Crippen LogP contribution is -2.04. The Hall–Kier alpha value is -3.86. The Kier molecular flexibility index (Phi) is 3.10. The van der Waals surface area contributed by atoms with Crippen LogP contribution in [0.1, 0.15) is 5.69 Å². The average Bonchev–Trinajstić information content (AvgIpc) is 3.15. The lowest BCUT2D eigenvalue weighted by Gasteiger charge is -2.09. The van der Waals surface area contributed by atoms with Gasteiger partial charge in [0.05, 0.1) is 5.52 Å². The Balaban J connectivity index is 2.00. The van der Waals surface area contributed by atoms with Crippen molar-refractivity contribution in [3.05, 3.63) is 48.5 Å². The molecule has 0 amide bonds. The van der Waals surface area contributed by atoms with Gasteiger partial charge in [-0.25, -0.2) is 15.0 Å². The van der Waals surface area contributed by atoms with Gasteiger partial charge in [0, 0.05) is 17.1 Å². The largest absolute Gasteiger partial charge is 0.381 e. The molecule has 24 heavy (non-hydrogen) atoms. The van der Waals surface area contributed by atoms with Crippen molar-refractivity contribution in [2.75, 3.05) is 5.73 Å². The number of anilines is 1. The van der Waals surface area contributed by atoms with Crippen LogP contribution in [0.15, 0.2) is 42.9 Å². The summed E-state index contributed by atoms with van der Waals surface area (Å²) >= 11 is 0. The van der Waals surface area contributed by atoms with Crippen LogP contribution in [-0.2, 0) is 0 Å². The molecule has 0 saturated heterocycles. The molecule has 3 N–H and O–H groups in total. The van der Waals surface area contributed by atoms with Crippen LogP contribution in [0.2, 0.25) is 0 Å². The van der Waals surface area contributed by atoms with Crippen LogP contribution < -0.4 is 5.73 Å².